The zero-order valence-corrected chi connectivity index (χ0v) is 40.4. The van der Waals surface area contributed by atoms with E-state index in [2.05, 4.69) is 106 Å². The molecule has 0 N–H and O–H groups in total. The van der Waals surface area contributed by atoms with Crippen LogP contribution in [0.15, 0.2) is 85.1 Å². The summed E-state index contributed by atoms with van der Waals surface area (Å²) in [6.07, 6.45) is 64.2. The van der Waals surface area contributed by atoms with Crippen LogP contribution < -0.4 is 0 Å². The Balaban J connectivity index is 4.46. The number of ether oxygens (including phenoxy) is 3. The first-order chi connectivity index (χ1) is 30.5. The van der Waals surface area contributed by atoms with E-state index in [9.17, 15) is 14.4 Å². The monoisotopic (exact) mass is 863 g/mol. The number of carbonyl (C=O) groups is 3. The molecule has 0 heterocycles. The molecule has 0 aromatic rings. The van der Waals surface area contributed by atoms with Crippen LogP contribution in [0.1, 0.15) is 233 Å². The number of unbranched alkanes of at least 4 members (excludes halogenated alkanes) is 24. The highest BCUT2D eigenvalue weighted by Gasteiger charge is 2.19. The summed E-state index contributed by atoms with van der Waals surface area (Å²) in [5.41, 5.74) is 0. The molecule has 1 atom stereocenters. The molecule has 0 saturated heterocycles. The van der Waals surface area contributed by atoms with Crippen molar-refractivity contribution in [3.8, 4) is 0 Å². The van der Waals surface area contributed by atoms with Crippen molar-refractivity contribution in [2.45, 2.75) is 239 Å². The van der Waals surface area contributed by atoms with Gasteiger partial charge in [-0.1, -0.05) is 209 Å². The minimum atomic E-state index is -0.801. The van der Waals surface area contributed by atoms with E-state index >= 15 is 0 Å². The third kappa shape index (κ3) is 47.6. The van der Waals surface area contributed by atoms with Gasteiger partial charge in [0.15, 0.2) is 6.10 Å². The maximum absolute atomic E-state index is 12.8. The molecule has 6 nitrogen and oxygen atoms in total. The van der Waals surface area contributed by atoms with Crippen LogP contribution in [-0.2, 0) is 28.6 Å². The third-order valence-electron chi connectivity index (χ3n) is 10.7. The zero-order valence-electron chi connectivity index (χ0n) is 40.4. The number of esters is 3. The summed E-state index contributed by atoms with van der Waals surface area (Å²) < 4.78 is 16.7. The van der Waals surface area contributed by atoms with Crippen molar-refractivity contribution in [3.63, 3.8) is 0 Å². The van der Waals surface area contributed by atoms with Crippen LogP contribution in [0.2, 0.25) is 0 Å². The highest BCUT2D eigenvalue weighted by Crippen LogP contribution is 2.13. The van der Waals surface area contributed by atoms with Gasteiger partial charge in [0.05, 0.1) is 0 Å². The lowest BCUT2D eigenvalue weighted by molar-refractivity contribution is -0.167. The molecule has 0 bridgehead atoms. The zero-order chi connectivity index (χ0) is 45.1. The van der Waals surface area contributed by atoms with Gasteiger partial charge < -0.3 is 14.2 Å². The molecule has 0 spiro atoms. The topological polar surface area (TPSA) is 78.9 Å². The fourth-order valence-corrected chi connectivity index (χ4v) is 6.76. The van der Waals surface area contributed by atoms with Crippen molar-refractivity contribution in [1.82, 2.24) is 0 Å². The molecule has 0 fully saturated rings. The fraction of sp³-hybridized carbons (Fsp3) is 0.696. The van der Waals surface area contributed by atoms with Crippen LogP contribution in [0, 0.1) is 0 Å². The summed E-state index contributed by atoms with van der Waals surface area (Å²) >= 11 is 0. The summed E-state index contributed by atoms with van der Waals surface area (Å²) in [6.45, 7) is 6.48. The standard InChI is InChI=1S/C56H94O6/c1-4-7-10-13-16-19-22-24-26-27-28-30-31-34-37-40-43-46-49-55(58)61-52-53(51-60-54(57)48-45-42-39-36-33-21-18-15-12-9-6-3)62-56(59)50-47-44-41-38-35-32-29-25-23-20-17-14-11-8-5-2/h15,17-18,20-28,30,33,53H,4-14,16,19,29,31-32,34-52H2,1-3H3/b18-15-,20-17-,24-22-,25-23-,27-26-,30-28-,33-21-. The molecule has 0 aromatic carbocycles. The molecule has 0 aliphatic heterocycles. The Bertz CT molecular complexity index is 1220. The van der Waals surface area contributed by atoms with Gasteiger partial charge in [-0.2, -0.15) is 0 Å². The second-order valence-electron chi connectivity index (χ2n) is 16.8. The third-order valence-corrected chi connectivity index (χ3v) is 10.7. The normalized spacial score (nSPS) is 12.8. The molecule has 0 radical (unpaired) electrons. The van der Waals surface area contributed by atoms with Crippen LogP contribution >= 0.6 is 0 Å². The predicted octanol–water partition coefficient (Wildman–Crippen LogP) is 16.8. The van der Waals surface area contributed by atoms with Crippen LogP contribution in [0.25, 0.3) is 0 Å². The van der Waals surface area contributed by atoms with Crippen LogP contribution in [0.5, 0.6) is 0 Å². The summed E-state index contributed by atoms with van der Waals surface area (Å²) in [5.74, 6) is -0.962. The molecule has 0 saturated carbocycles. The van der Waals surface area contributed by atoms with Gasteiger partial charge in [0, 0.05) is 19.3 Å². The Labute approximate surface area is 382 Å². The lowest BCUT2D eigenvalue weighted by atomic mass is 10.1. The average Bonchev–Trinajstić information content (AvgIpc) is 3.27. The molecule has 0 aliphatic rings. The highest BCUT2D eigenvalue weighted by atomic mass is 16.6. The van der Waals surface area contributed by atoms with E-state index in [0.29, 0.717) is 19.3 Å². The van der Waals surface area contributed by atoms with E-state index in [1.54, 1.807) is 0 Å². The van der Waals surface area contributed by atoms with E-state index in [1.165, 1.54) is 83.5 Å². The Kier molecular flexibility index (Phi) is 47.5. The van der Waals surface area contributed by atoms with Crippen molar-refractivity contribution in [1.29, 1.82) is 0 Å². The number of hydrogen-bond acceptors (Lipinski definition) is 6. The summed E-state index contributed by atoms with van der Waals surface area (Å²) in [7, 11) is 0. The second kappa shape index (κ2) is 50.2. The number of carbonyl (C=O) groups excluding carboxylic acids is 3. The Hall–Kier alpha value is -3.41. The molecule has 6 heteroatoms. The molecular formula is C56H94O6. The quantitative estimate of drug-likeness (QED) is 0.0263. The van der Waals surface area contributed by atoms with E-state index in [4.69, 9.17) is 14.2 Å². The SMILES string of the molecule is CCCC/C=C\C=C/CCCCCC(=O)OCC(COC(=O)CCCCCCC\C=C/C=C\C=C/CCCCCCC)OC(=O)CCCCCCCC/C=C\C=C/CCCCC. The minimum absolute atomic E-state index is 0.101. The molecule has 1 unspecified atom stereocenters. The first-order valence-electron chi connectivity index (χ1n) is 25.7. The predicted molar refractivity (Wildman–Crippen MR) is 265 cm³/mol. The van der Waals surface area contributed by atoms with E-state index < -0.39 is 6.10 Å². The van der Waals surface area contributed by atoms with Crippen molar-refractivity contribution in [2.24, 2.45) is 0 Å². The largest absolute Gasteiger partial charge is 0.462 e. The molecule has 354 valence electrons. The van der Waals surface area contributed by atoms with Crippen LogP contribution in [-0.4, -0.2) is 37.2 Å². The summed E-state index contributed by atoms with van der Waals surface area (Å²) in [4.78, 5) is 37.9. The Morgan fingerprint density at radius 1 is 0.323 bits per heavy atom. The summed E-state index contributed by atoms with van der Waals surface area (Å²) in [5, 5.41) is 0. The Morgan fingerprint density at radius 3 is 1.00 bits per heavy atom. The summed E-state index contributed by atoms with van der Waals surface area (Å²) in [6, 6.07) is 0. The van der Waals surface area contributed by atoms with E-state index in [0.717, 1.165) is 109 Å². The molecular weight excluding hydrogens is 769 g/mol. The van der Waals surface area contributed by atoms with Crippen molar-refractivity contribution < 1.29 is 28.6 Å². The molecule has 0 amide bonds. The number of rotatable bonds is 45. The van der Waals surface area contributed by atoms with Gasteiger partial charge in [0.25, 0.3) is 0 Å². The first-order valence-corrected chi connectivity index (χ1v) is 25.7. The number of allylic oxidation sites excluding steroid dienone is 14. The van der Waals surface area contributed by atoms with Gasteiger partial charge in [0.1, 0.15) is 13.2 Å². The van der Waals surface area contributed by atoms with Gasteiger partial charge in [-0.25, -0.2) is 0 Å². The Morgan fingerprint density at radius 2 is 0.597 bits per heavy atom. The van der Waals surface area contributed by atoms with Gasteiger partial charge in [-0.05, 0) is 89.9 Å². The van der Waals surface area contributed by atoms with E-state index in [-0.39, 0.29) is 31.1 Å². The van der Waals surface area contributed by atoms with Gasteiger partial charge in [0.2, 0.25) is 0 Å². The number of hydrogen-bond donors (Lipinski definition) is 0. The lowest BCUT2D eigenvalue weighted by Crippen LogP contribution is -2.30. The van der Waals surface area contributed by atoms with Gasteiger partial charge in [-0.3, -0.25) is 14.4 Å². The van der Waals surface area contributed by atoms with Crippen molar-refractivity contribution in [3.05, 3.63) is 85.1 Å². The average molecular weight is 863 g/mol. The van der Waals surface area contributed by atoms with Crippen LogP contribution in [0.3, 0.4) is 0 Å². The fourth-order valence-electron chi connectivity index (χ4n) is 6.76. The molecule has 0 rings (SSSR count). The van der Waals surface area contributed by atoms with E-state index in [1.807, 2.05) is 0 Å². The van der Waals surface area contributed by atoms with Gasteiger partial charge >= 0.3 is 17.9 Å². The highest BCUT2D eigenvalue weighted by molar-refractivity contribution is 5.71. The molecule has 0 aliphatic carbocycles. The molecule has 62 heavy (non-hydrogen) atoms. The van der Waals surface area contributed by atoms with Crippen molar-refractivity contribution >= 4 is 17.9 Å². The minimum Gasteiger partial charge on any atom is -0.462 e. The maximum atomic E-state index is 12.8. The first kappa shape index (κ1) is 58.6. The van der Waals surface area contributed by atoms with Crippen LogP contribution in [0.4, 0.5) is 0 Å². The molecule has 0 aromatic heterocycles. The van der Waals surface area contributed by atoms with Crippen molar-refractivity contribution in [2.75, 3.05) is 13.2 Å². The second-order valence-corrected chi connectivity index (χ2v) is 16.8. The lowest BCUT2D eigenvalue weighted by Gasteiger charge is -2.18. The maximum Gasteiger partial charge on any atom is 0.306 e. The smallest absolute Gasteiger partial charge is 0.306 e. The van der Waals surface area contributed by atoms with Gasteiger partial charge in [-0.15, -0.1) is 0 Å².